The van der Waals surface area contributed by atoms with Crippen LogP contribution in [-0.2, 0) is 6.42 Å². The maximum atomic E-state index is 8.96. The highest BCUT2D eigenvalue weighted by Gasteiger charge is 2.01. The van der Waals surface area contributed by atoms with Gasteiger partial charge in [0, 0.05) is 32.7 Å². The summed E-state index contributed by atoms with van der Waals surface area (Å²) in [5.41, 5.74) is 0. The molecule has 110 valence electrons. The first-order valence-electron chi connectivity index (χ1n) is 6.41. The molecule has 0 aliphatic rings. The summed E-state index contributed by atoms with van der Waals surface area (Å²) in [5, 5.41) is 15.4. The van der Waals surface area contributed by atoms with Gasteiger partial charge in [0.05, 0.1) is 6.26 Å². The lowest BCUT2D eigenvalue weighted by Gasteiger charge is -2.11. The van der Waals surface area contributed by atoms with Crippen LogP contribution in [0.1, 0.15) is 19.6 Å². The molecule has 0 aliphatic carbocycles. The molecule has 0 radical (unpaired) electrons. The molecule has 1 aromatic rings. The number of aliphatic imine (C=N–C) groups is 1. The fourth-order valence-electron chi connectivity index (χ4n) is 1.41. The Hall–Kier alpha value is -0.760. The highest BCUT2D eigenvalue weighted by Crippen LogP contribution is 1.99. The van der Waals surface area contributed by atoms with Crippen molar-refractivity contribution in [3.05, 3.63) is 24.2 Å². The molecule has 1 aromatic heterocycles. The highest BCUT2D eigenvalue weighted by molar-refractivity contribution is 14.0. The van der Waals surface area contributed by atoms with Crippen LogP contribution in [-0.4, -0.2) is 37.3 Å². The van der Waals surface area contributed by atoms with Crippen LogP contribution in [0.3, 0.4) is 0 Å². The average Bonchev–Trinajstić information content (AvgIpc) is 2.88. The summed E-state index contributed by atoms with van der Waals surface area (Å²) in [6, 6.07) is 3.84. The van der Waals surface area contributed by atoms with Gasteiger partial charge in [0.2, 0.25) is 0 Å². The van der Waals surface area contributed by atoms with E-state index >= 15 is 0 Å². The van der Waals surface area contributed by atoms with E-state index in [2.05, 4.69) is 15.6 Å². The minimum atomic E-state index is 0. The van der Waals surface area contributed by atoms with Crippen molar-refractivity contribution in [1.82, 2.24) is 10.6 Å². The van der Waals surface area contributed by atoms with E-state index in [0.29, 0.717) is 6.54 Å². The Morgan fingerprint density at radius 1 is 1.47 bits per heavy atom. The molecule has 0 aromatic carbocycles. The smallest absolute Gasteiger partial charge is 0.191 e. The van der Waals surface area contributed by atoms with Crippen molar-refractivity contribution in [2.75, 3.05) is 26.2 Å². The molecule has 5 nitrogen and oxygen atoms in total. The van der Waals surface area contributed by atoms with Crippen LogP contribution in [0.5, 0.6) is 0 Å². The number of aliphatic hydroxyl groups is 1. The van der Waals surface area contributed by atoms with Crippen LogP contribution in [0, 0.1) is 5.92 Å². The number of hydrogen-bond acceptors (Lipinski definition) is 3. The molecule has 0 saturated carbocycles. The van der Waals surface area contributed by atoms with Gasteiger partial charge in [-0.25, -0.2) is 0 Å². The quantitative estimate of drug-likeness (QED) is 0.382. The van der Waals surface area contributed by atoms with Gasteiger partial charge in [-0.3, -0.25) is 4.99 Å². The van der Waals surface area contributed by atoms with E-state index in [1.807, 2.05) is 26.0 Å². The third-order valence-electron chi connectivity index (χ3n) is 2.46. The van der Waals surface area contributed by atoms with Crippen molar-refractivity contribution in [1.29, 1.82) is 0 Å². The van der Waals surface area contributed by atoms with Gasteiger partial charge >= 0.3 is 0 Å². The second-order valence-corrected chi connectivity index (χ2v) is 4.26. The van der Waals surface area contributed by atoms with Crippen LogP contribution in [0.15, 0.2) is 27.8 Å². The fraction of sp³-hybridized carbons (Fsp3) is 0.615. The first-order valence-corrected chi connectivity index (χ1v) is 6.41. The summed E-state index contributed by atoms with van der Waals surface area (Å²) in [5.74, 6) is 1.93. The Morgan fingerprint density at radius 2 is 2.26 bits per heavy atom. The standard InChI is InChI=1S/C13H23N3O2.HI/c1-3-14-13(16-9-11(2)10-17)15-7-6-12-5-4-8-18-12;/h4-5,8,11,17H,3,6-7,9-10H2,1-2H3,(H2,14,15,16);1H. The number of hydrogen-bond donors (Lipinski definition) is 3. The lowest BCUT2D eigenvalue weighted by molar-refractivity contribution is 0.241. The molecule has 0 aliphatic heterocycles. The number of nitrogens with one attached hydrogen (secondary N) is 2. The highest BCUT2D eigenvalue weighted by atomic mass is 127. The minimum Gasteiger partial charge on any atom is -0.469 e. The summed E-state index contributed by atoms with van der Waals surface area (Å²) in [6.45, 7) is 6.37. The topological polar surface area (TPSA) is 69.8 Å². The van der Waals surface area contributed by atoms with Gasteiger partial charge < -0.3 is 20.2 Å². The van der Waals surface area contributed by atoms with Crippen LogP contribution < -0.4 is 10.6 Å². The van der Waals surface area contributed by atoms with Gasteiger partial charge in [-0.1, -0.05) is 6.92 Å². The van der Waals surface area contributed by atoms with Crippen molar-refractivity contribution in [2.45, 2.75) is 20.3 Å². The molecule has 1 unspecified atom stereocenters. The first-order chi connectivity index (χ1) is 8.76. The van der Waals surface area contributed by atoms with E-state index < -0.39 is 0 Å². The molecule has 19 heavy (non-hydrogen) atoms. The molecule has 1 rings (SSSR count). The maximum absolute atomic E-state index is 8.96. The normalized spacial score (nSPS) is 12.7. The lowest BCUT2D eigenvalue weighted by atomic mass is 10.2. The van der Waals surface area contributed by atoms with Crippen molar-refractivity contribution >= 4 is 29.9 Å². The average molecular weight is 381 g/mol. The number of furan rings is 1. The molecular weight excluding hydrogens is 357 g/mol. The molecular formula is C13H24IN3O2. The first kappa shape index (κ1) is 18.2. The lowest BCUT2D eigenvalue weighted by Crippen LogP contribution is -2.38. The molecule has 0 amide bonds. The second kappa shape index (κ2) is 11.1. The number of nitrogens with zero attached hydrogens (tertiary/aromatic N) is 1. The predicted molar refractivity (Wildman–Crippen MR) is 88.1 cm³/mol. The van der Waals surface area contributed by atoms with Gasteiger partial charge in [0.25, 0.3) is 0 Å². The van der Waals surface area contributed by atoms with Crippen molar-refractivity contribution in [2.24, 2.45) is 10.9 Å². The number of guanidine groups is 1. The summed E-state index contributed by atoms with van der Waals surface area (Å²) in [6.07, 6.45) is 2.50. The number of halogens is 1. The Labute approximate surface area is 131 Å². The van der Waals surface area contributed by atoms with Gasteiger partial charge in [0.15, 0.2) is 5.96 Å². The van der Waals surface area contributed by atoms with Crippen LogP contribution >= 0.6 is 24.0 Å². The van der Waals surface area contributed by atoms with Gasteiger partial charge in [0.1, 0.15) is 5.76 Å². The van der Waals surface area contributed by atoms with E-state index in [4.69, 9.17) is 9.52 Å². The van der Waals surface area contributed by atoms with E-state index in [-0.39, 0.29) is 36.5 Å². The molecule has 3 N–H and O–H groups in total. The Morgan fingerprint density at radius 3 is 2.84 bits per heavy atom. The van der Waals surface area contributed by atoms with Crippen LogP contribution in [0.2, 0.25) is 0 Å². The number of rotatable bonds is 7. The molecule has 0 bridgehead atoms. The molecule has 0 spiro atoms. The Balaban J connectivity index is 0.00000324. The maximum Gasteiger partial charge on any atom is 0.191 e. The van der Waals surface area contributed by atoms with E-state index in [1.165, 1.54) is 0 Å². The number of aliphatic hydroxyl groups excluding tert-OH is 1. The van der Waals surface area contributed by atoms with E-state index in [9.17, 15) is 0 Å². The van der Waals surface area contributed by atoms with Gasteiger partial charge in [-0.05, 0) is 25.0 Å². The van der Waals surface area contributed by atoms with Crippen molar-refractivity contribution in [3.63, 3.8) is 0 Å². The Kier molecular flexibility index (Phi) is 10.7. The molecule has 1 atom stereocenters. The largest absolute Gasteiger partial charge is 0.469 e. The van der Waals surface area contributed by atoms with Gasteiger partial charge in [-0.15, -0.1) is 24.0 Å². The zero-order valence-electron chi connectivity index (χ0n) is 11.6. The SMILES string of the molecule is CCNC(=NCC(C)CO)NCCc1ccco1.I. The Bertz CT molecular complexity index is 342. The molecule has 1 heterocycles. The minimum absolute atomic E-state index is 0. The molecule has 0 fully saturated rings. The zero-order chi connectivity index (χ0) is 13.2. The van der Waals surface area contributed by atoms with Crippen LogP contribution in [0.4, 0.5) is 0 Å². The second-order valence-electron chi connectivity index (χ2n) is 4.26. The summed E-state index contributed by atoms with van der Waals surface area (Å²) >= 11 is 0. The van der Waals surface area contributed by atoms with Crippen LogP contribution in [0.25, 0.3) is 0 Å². The van der Waals surface area contributed by atoms with E-state index in [0.717, 1.165) is 31.2 Å². The monoisotopic (exact) mass is 381 g/mol. The third kappa shape index (κ3) is 8.10. The predicted octanol–water partition coefficient (Wildman–Crippen LogP) is 1.62. The third-order valence-corrected chi connectivity index (χ3v) is 2.46. The molecule has 6 heteroatoms. The van der Waals surface area contributed by atoms with Gasteiger partial charge in [-0.2, -0.15) is 0 Å². The van der Waals surface area contributed by atoms with Crippen molar-refractivity contribution in [3.8, 4) is 0 Å². The van der Waals surface area contributed by atoms with E-state index in [1.54, 1.807) is 6.26 Å². The van der Waals surface area contributed by atoms with Crippen molar-refractivity contribution < 1.29 is 9.52 Å². The summed E-state index contributed by atoms with van der Waals surface area (Å²) < 4.78 is 5.26. The summed E-state index contributed by atoms with van der Waals surface area (Å²) in [7, 11) is 0. The zero-order valence-corrected chi connectivity index (χ0v) is 13.9. The molecule has 0 saturated heterocycles. The summed E-state index contributed by atoms with van der Waals surface area (Å²) in [4.78, 5) is 4.41. The fourth-order valence-corrected chi connectivity index (χ4v) is 1.41.